The van der Waals surface area contributed by atoms with Crippen LogP contribution in [0.5, 0.6) is 0 Å². The molecule has 2 N–H and O–H groups in total. The molecule has 0 spiro atoms. The highest BCUT2D eigenvalue weighted by atomic mass is 79.9. The molecule has 0 aliphatic carbocycles. The molecule has 1 amide bonds. The second-order valence-electron chi connectivity index (χ2n) is 6.01. The monoisotopic (exact) mass is 401 g/mol. The minimum atomic E-state index is -0.205. The lowest BCUT2D eigenvalue weighted by atomic mass is 10.0. The molecule has 2 aromatic heterocycles. The van der Waals surface area contributed by atoms with Gasteiger partial charge in [-0.2, -0.15) is 0 Å². The van der Waals surface area contributed by atoms with Crippen molar-refractivity contribution in [1.29, 1.82) is 0 Å². The van der Waals surface area contributed by atoms with E-state index in [1.807, 2.05) is 31.3 Å². The summed E-state index contributed by atoms with van der Waals surface area (Å²) in [5.74, 6) is 0.371. The smallest absolute Gasteiger partial charge is 0.256 e. The number of aliphatic hydroxyl groups is 1. The summed E-state index contributed by atoms with van der Waals surface area (Å²) in [5, 5.41) is 13.1. The van der Waals surface area contributed by atoms with Crippen LogP contribution in [0.4, 0.5) is 5.82 Å². The van der Waals surface area contributed by atoms with Crippen molar-refractivity contribution in [3.63, 3.8) is 0 Å². The summed E-state index contributed by atoms with van der Waals surface area (Å²) >= 11 is 3.53. The zero-order valence-electron chi connectivity index (χ0n) is 14.2. The van der Waals surface area contributed by atoms with E-state index in [1.165, 1.54) is 0 Å². The number of anilines is 1. The van der Waals surface area contributed by atoms with E-state index >= 15 is 0 Å². The van der Waals surface area contributed by atoms with Crippen LogP contribution in [0, 0.1) is 0 Å². The van der Waals surface area contributed by atoms with Gasteiger partial charge in [0.1, 0.15) is 5.82 Å². The Labute approximate surface area is 154 Å². The van der Waals surface area contributed by atoms with Crippen LogP contribution in [-0.2, 0) is 6.54 Å². The fraction of sp³-hybridized carbons (Fsp3) is 0.263. The van der Waals surface area contributed by atoms with E-state index in [2.05, 4.69) is 37.7 Å². The first-order valence-corrected chi connectivity index (χ1v) is 8.99. The zero-order valence-corrected chi connectivity index (χ0v) is 15.7. The largest absolute Gasteiger partial charge is 0.396 e. The molecule has 1 aromatic carbocycles. The van der Waals surface area contributed by atoms with Gasteiger partial charge in [-0.05, 0) is 40.5 Å². The van der Waals surface area contributed by atoms with Crippen LogP contribution in [0.15, 0.2) is 47.2 Å². The number of hydrogen-bond acceptors (Lipinski definition) is 3. The molecule has 0 saturated carbocycles. The number of halogens is 1. The van der Waals surface area contributed by atoms with Crippen molar-refractivity contribution in [2.24, 2.45) is 0 Å². The molecular formula is C19H20BrN3O2. The van der Waals surface area contributed by atoms with E-state index in [-0.39, 0.29) is 18.4 Å². The Kier molecular flexibility index (Phi) is 5.20. The average Bonchev–Trinajstić information content (AvgIpc) is 2.96. The highest BCUT2D eigenvalue weighted by Crippen LogP contribution is 2.27. The molecule has 5 nitrogen and oxygen atoms in total. The second kappa shape index (κ2) is 7.37. The predicted octanol–water partition coefficient (Wildman–Crippen LogP) is 4.17. The Morgan fingerprint density at radius 2 is 2.08 bits per heavy atom. The number of benzene rings is 1. The van der Waals surface area contributed by atoms with Gasteiger partial charge in [-0.25, -0.2) is 4.98 Å². The number of carbonyl (C=O) groups excluding carboxylic acids is 1. The van der Waals surface area contributed by atoms with Crippen LogP contribution in [0.1, 0.15) is 35.7 Å². The molecule has 0 aliphatic rings. The summed E-state index contributed by atoms with van der Waals surface area (Å²) in [6.07, 6.45) is 3.77. The highest BCUT2D eigenvalue weighted by molar-refractivity contribution is 9.10. The fourth-order valence-electron chi connectivity index (χ4n) is 2.73. The number of fused-ring (bicyclic) bond motifs is 1. The van der Waals surface area contributed by atoms with Crippen LogP contribution in [-0.4, -0.2) is 27.2 Å². The molecule has 1 atom stereocenters. The molecule has 0 bridgehead atoms. The Balaban J connectivity index is 1.82. The van der Waals surface area contributed by atoms with Crippen LogP contribution >= 0.6 is 15.9 Å². The van der Waals surface area contributed by atoms with E-state index in [1.54, 1.807) is 18.3 Å². The van der Waals surface area contributed by atoms with E-state index in [4.69, 9.17) is 0 Å². The molecule has 0 saturated heterocycles. The number of aromatic nitrogens is 2. The molecule has 0 fully saturated rings. The SMILES string of the molecule is CCn1cc(Br)c2cnc(NC(=O)c3ccc(C(C)CO)cc3)cc21. The summed E-state index contributed by atoms with van der Waals surface area (Å²) in [7, 11) is 0. The van der Waals surface area contributed by atoms with Gasteiger partial charge < -0.3 is 15.0 Å². The lowest BCUT2D eigenvalue weighted by Gasteiger charge is -2.09. The van der Waals surface area contributed by atoms with Crippen molar-refractivity contribution in [1.82, 2.24) is 9.55 Å². The molecule has 1 unspecified atom stereocenters. The maximum Gasteiger partial charge on any atom is 0.256 e. The third-order valence-electron chi connectivity index (χ3n) is 4.32. The first-order valence-electron chi connectivity index (χ1n) is 8.20. The molecule has 0 aliphatic heterocycles. The summed E-state index contributed by atoms with van der Waals surface area (Å²) in [6, 6.07) is 9.14. The summed E-state index contributed by atoms with van der Waals surface area (Å²) in [4.78, 5) is 16.8. The average molecular weight is 402 g/mol. The normalized spacial score (nSPS) is 12.3. The Morgan fingerprint density at radius 3 is 2.72 bits per heavy atom. The molecule has 3 aromatic rings. The topological polar surface area (TPSA) is 67.2 Å². The number of aliphatic hydroxyl groups excluding tert-OH is 1. The van der Waals surface area contributed by atoms with Crippen LogP contribution < -0.4 is 5.32 Å². The quantitative estimate of drug-likeness (QED) is 0.673. The van der Waals surface area contributed by atoms with Gasteiger partial charge in [-0.1, -0.05) is 19.1 Å². The molecule has 2 heterocycles. The van der Waals surface area contributed by atoms with E-state index in [9.17, 15) is 9.90 Å². The van der Waals surface area contributed by atoms with Gasteiger partial charge in [0, 0.05) is 53.0 Å². The maximum atomic E-state index is 12.4. The maximum absolute atomic E-state index is 12.4. The van der Waals surface area contributed by atoms with Crippen molar-refractivity contribution in [2.75, 3.05) is 11.9 Å². The van der Waals surface area contributed by atoms with Gasteiger partial charge in [-0.15, -0.1) is 0 Å². The molecule has 6 heteroatoms. The number of nitrogens with one attached hydrogen (secondary N) is 1. The van der Waals surface area contributed by atoms with Gasteiger partial charge >= 0.3 is 0 Å². The number of amides is 1. The Morgan fingerprint density at radius 1 is 1.36 bits per heavy atom. The number of nitrogens with zero attached hydrogens (tertiary/aromatic N) is 2. The highest BCUT2D eigenvalue weighted by Gasteiger charge is 2.11. The lowest BCUT2D eigenvalue weighted by molar-refractivity contribution is 0.102. The number of hydrogen-bond donors (Lipinski definition) is 2. The minimum Gasteiger partial charge on any atom is -0.396 e. The predicted molar refractivity (Wildman–Crippen MR) is 103 cm³/mol. The summed E-state index contributed by atoms with van der Waals surface area (Å²) < 4.78 is 3.09. The first kappa shape index (κ1) is 17.6. The van der Waals surface area contributed by atoms with Crippen LogP contribution in [0.25, 0.3) is 10.9 Å². The van der Waals surface area contributed by atoms with Crippen molar-refractivity contribution in [3.8, 4) is 0 Å². The van der Waals surface area contributed by atoms with Gasteiger partial charge in [0.15, 0.2) is 0 Å². The molecular weight excluding hydrogens is 382 g/mol. The lowest BCUT2D eigenvalue weighted by Crippen LogP contribution is -2.13. The minimum absolute atomic E-state index is 0.0569. The molecule has 25 heavy (non-hydrogen) atoms. The Hall–Kier alpha value is -2.18. The van der Waals surface area contributed by atoms with Crippen LogP contribution in [0.2, 0.25) is 0 Å². The van der Waals surface area contributed by atoms with Gasteiger partial charge in [0.25, 0.3) is 5.91 Å². The number of rotatable bonds is 5. The third kappa shape index (κ3) is 3.60. The second-order valence-corrected chi connectivity index (χ2v) is 6.86. The Bertz CT molecular complexity index is 903. The van der Waals surface area contributed by atoms with Crippen molar-refractivity contribution in [2.45, 2.75) is 26.3 Å². The number of carbonyl (C=O) groups is 1. The standard InChI is InChI=1S/C19H20BrN3O2/c1-3-23-10-16(20)15-9-21-18(8-17(15)23)22-19(25)14-6-4-13(5-7-14)12(2)11-24/h4-10,12,24H,3,11H2,1-2H3,(H,21,22,25). The van der Waals surface area contributed by atoms with Crippen LogP contribution in [0.3, 0.4) is 0 Å². The van der Waals surface area contributed by atoms with E-state index in [0.717, 1.165) is 27.5 Å². The van der Waals surface area contributed by atoms with E-state index < -0.39 is 0 Å². The molecule has 130 valence electrons. The third-order valence-corrected chi connectivity index (χ3v) is 4.95. The summed E-state index contributed by atoms with van der Waals surface area (Å²) in [6.45, 7) is 4.93. The van der Waals surface area contributed by atoms with Gasteiger partial charge in [0.2, 0.25) is 0 Å². The van der Waals surface area contributed by atoms with Crippen molar-refractivity contribution in [3.05, 3.63) is 58.3 Å². The van der Waals surface area contributed by atoms with Gasteiger partial charge in [0.05, 0.1) is 5.52 Å². The first-order chi connectivity index (χ1) is 12.0. The number of pyridine rings is 1. The summed E-state index contributed by atoms with van der Waals surface area (Å²) in [5.41, 5.74) is 2.58. The molecule has 0 radical (unpaired) electrons. The van der Waals surface area contributed by atoms with Gasteiger partial charge in [-0.3, -0.25) is 4.79 Å². The molecule has 3 rings (SSSR count). The van der Waals surface area contributed by atoms with E-state index in [0.29, 0.717) is 11.4 Å². The fourth-order valence-corrected chi connectivity index (χ4v) is 3.28. The van der Waals surface area contributed by atoms with Crippen molar-refractivity contribution >= 4 is 38.6 Å². The van der Waals surface area contributed by atoms with Crippen molar-refractivity contribution < 1.29 is 9.90 Å². The number of aryl methyl sites for hydroxylation is 1. The zero-order chi connectivity index (χ0) is 18.0.